The van der Waals surface area contributed by atoms with Gasteiger partial charge in [0.15, 0.2) is 0 Å². The number of likely N-dealkylation sites (tertiary alicyclic amines) is 1. The molecule has 2 N–H and O–H groups in total. The van der Waals surface area contributed by atoms with Crippen molar-refractivity contribution >= 4 is 17.3 Å². The number of ether oxygens (including phenoxy) is 1. The fourth-order valence-corrected chi connectivity index (χ4v) is 5.17. The van der Waals surface area contributed by atoms with Crippen LogP contribution in [0.5, 0.6) is 0 Å². The number of benzene rings is 2. The highest BCUT2D eigenvalue weighted by atomic mass is 19.4. The summed E-state index contributed by atoms with van der Waals surface area (Å²) in [5.74, 6) is -0.0948. The Morgan fingerprint density at radius 2 is 1.38 bits per heavy atom. The molecule has 1 saturated heterocycles. The van der Waals surface area contributed by atoms with Gasteiger partial charge in [-0.25, -0.2) is 0 Å². The standard InChI is InChI=1S/C28H33F6N3O2/c1-18-2-5-23(16-25(18)28(32,33)34)36-21-8-10-24(11-9-21)39-17-26(38)37-14-12-22(13-15-37)35-20-6-3-19(4-7-20)27(29,30)31/h2-7,16,21-22,24,35-36H,8-15,17H2,1H3. The number of anilines is 2. The smallest absolute Gasteiger partial charge is 0.382 e. The highest BCUT2D eigenvalue weighted by molar-refractivity contribution is 5.77. The number of hydrogen-bond acceptors (Lipinski definition) is 4. The first-order valence-electron chi connectivity index (χ1n) is 13.2. The number of halogens is 6. The molecule has 2 fully saturated rings. The van der Waals surface area contributed by atoms with Gasteiger partial charge in [-0.1, -0.05) is 6.07 Å². The molecular formula is C28H33F6N3O2. The molecule has 2 aliphatic rings. The van der Waals surface area contributed by atoms with Gasteiger partial charge in [-0.3, -0.25) is 4.79 Å². The SMILES string of the molecule is Cc1ccc(NC2CCC(OCC(=O)N3CCC(Nc4ccc(C(F)(F)F)cc4)CC3)CC2)cc1C(F)(F)F. The topological polar surface area (TPSA) is 53.6 Å². The molecule has 1 heterocycles. The molecule has 0 unspecified atom stereocenters. The van der Waals surface area contributed by atoms with E-state index in [-0.39, 0.29) is 36.3 Å². The summed E-state index contributed by atoms with van der Waals surface area (Å²) < 4.78 is 83.6. The number of carbonyl (C=O) groups is 1. The number of aryl methyl sites for hydroxylation is 1. The highest BCUT2D eigenvalue weighted by Gasteiger charge is 2.33. The van der Waals surface area contributed by atoms with Crippen molar-refractivity contribution in [3.8, 4) is 0 Å². The van der Waals surface area contributed by atoms with Crippen LogP contribution < -0.4 is 10.6 Å². The van der Waals surface area contributed by atoms with Crippen LogP contribution in [0.4, 0.5) is 37.7 Å². The third-order valence-corrected chi connectivity index (χ3v) is 7.46. The van der Waals surface area contributed by atoms with E-state index in [1.165, 1.54) is 25.1 Å². The minimum Gasteiger partial charge on any atom is -0.382 e. The molecule has 4 rings (SSSR count). The first-order valence-corrected chi connectivity index (χ1v) is 13.2. The molecule has 0 radical (unpaired) electrons. The number of alkyl halides is 6. The molecule has 1 aliphatic carbocycles. The highest BCUT2D eigenvalue weighted by Crippen LogP contribution is 2.34. The Morgan fingerprint density at radius 3 is 1.97 bits per heavy atom. The molecule has 5 nitrogen and oxygen atoms in total. The Balaban J connectivity index is 1.15. The summed E-state index contributed by atoms with van der Waals surface area (Å²) in [6.07, 6.45) is -4.59. The monoisotopic (exact) mass is 557 g/mol. The van der Waals surface area contributed by atoms with Crippen molar-refractivity contribution < 1.29 is 35.9 Å². The summed E-state index contributed by atoms with van der Waals surface area (Å²) >= 11 is 0. The fourth-order valence-electron chi connectivity index (χ4n) is 5.17. The Kier molecular flexibility index (Phi) is 8.98. The Bertz CT molecular complexity index is 1100. The summed E-state index contributed by atoms with van der Waals surface area (Å²) in [7, 11) is 0. The molecule has 1 saturated carbocycles. The zero-order valence-electron chi connectivity index (χ0n) is 21.7. The van der Waals surface area contributed by atoms with E-state index >= 15 is 0 Å². The van der Waals surface area contributed by atoms with Crippen molar-refractivity contribution in [2.75, 3.05) is 30.3 Å². The normalized spacial score (nSPS) is 21.1. The average Bonchev–Trinajstić information content (AvgIpc) is 2.89. The second-order valence-corrected chi connectivity index (χ2v) is 10.3. The second kappa shape index (κ2) is 12.1. The van der Waals surface area contributed by atoms with E-state index in [2.05, 4.69) is 10.6 Å². The van der Waals surface area contributed by atoms with Crippen molar-refractivity contribution in [1.82, 2.24) is 4.90 Å². The molecule has 1 amide bonds. The molecule has 0 bridgehead atoms. The lowest BCUT2D eigenvalue weighted by molar-refractivity contribution is -0.140. The minimum absolute atomic E-state index is 0.0212. The van der Waals surface area contributed by atoms with E-state index in [0.29, 0.717) is 50.1 Å². The van der Waals surface area contributed by atoms with Gasteiger partial charge in [-0.2, -0.15) is 26.3 Å². The molecule has 214 valence electrons. The fraction of sp³-hybridized carbons (Fsp3) is 0.536. The van der Waals surface area contributed by atoms with Crippen LogP contribution >= 0.6 is 0 Å². The van der Waals surface area contributed by atoms with Crippen LogP contribution in [-0.4, -0.2) is 48.7 Å². The first-order chi connectivity index (χ1) is 18.4. The predicted molar refractivity (Wildman–Crippen MR) is 136 cm³/mol. The lowest BCUT2D eigenvalue weighted by Crippen LogP contribution is -2.44. The zero-order valence-corrected chi connectivity index (χ0v) is 21.7. The van der Waals surface area contributed by atoms with Gasteiger partial charge in [0, 0.05) is 36.5 Å². The summed E-state index contributed by atoms with van der Waals surface area (Å²) in [5, 5.41) is 6.44. The van der Waals surface area contributed by atoms with Crippen molar-refractivity contribution in [2.45, 2.75) is 76.0 Å². The van der Waals surface area contributed by atoms with Gasteiger partial charge in [0.05, 0.1) is 17.2 Å². The molecule has 0 spiro atoms. The minimum atomic E-state index is -4.39. The van der Waals surface area contributed by atoms with E-state index in [0.717, 1.165) is 31.0 Å². The largest absolute Gasteiger partial charge is 0.416 e. The van der Waals surface area contributed by atoms with Gasteiger partial charge in [0.25, 0.3) is 0 Å². The molecule has 2 aromatic carbocycles. The van der Waals surface area contributed by atoms with Crippen LogP contribution in [0, 0.1) is 6.92 Å². The maximum Gasteiger partial charge on any atom is 0.416 e. The van der Waals surface area contributed by atoms with E-state index in [9.17, 15) is 31.1 Å². The number of hydrogen-bond donors (Lipinski definition) is 2. The quantitative estimate of drug-likeness (QED) is 0.365. The van der Waals surface area contributed by atoms with Crippen molar-refractivity contribution in [3.63, 3.8) is 0 Å². The number of carbonyl (C=O) groups excluding carboxylic acids is 1. The van der Waals surface area contributed by atoms with Crippen molar-refractivity contribution in [2.24, 2.45) is 0 Å². The number of nitrogens with zero attached hydrogens (tertiary/aromatic N) is 1. The van der Waals surface area contributed by atoms with Crippen LogP contribution in [0.25, 0.3) is 0 Å². The summed E-state index contributed by atoms with van der Waals surface area (Å²) in [4.78, 5) is 14.4. The number of amides is 1. The maximum atomic E-state index is 13.2. The Morgan fingerprint density at radius 1 is 0.821 bits per heavy atom. The molecule has 11 heteroatoms. The van der Waals surface area contributed by atoms with Gasteiger partial charge >= 0.3 is 12.4 Å². The Labute approximate surface area is 223 Å². The van der Waals surface area contributed by atoms with Gasteiger partial charge in [-0.05, 0) is 87.4 Å². The summed E-state index contributed by atoms with van der Waals surface area (Å²) in [5.41, 5.74) is -0.0750. The van der Waals surface area contributed by atoms with Crippen LogP contribution in [0.2, 0.25) is 0 Å². The van der Waals surface area contributed by atoms with E-state index in [1.54, 1.807) is 11.0 Å². The number of piperidine rings is 1. The maximum absolute atomic E-state index is 13.2. The number of nitrogens with one attached hydrogen (secondary N) is 2. The third kappa shape index (κ3) is 8.03. The van der Waals surface area contributed by atoms with E-state index in [4.69, 9.17) is 4.74 Å². The third-order valence-electron chi connectivity index (χ3n) is 7.46. The zero-order chi connectivity index (χ0) is 28.2. The lowest BCUT2D eigenvalue weighted by Gasteiger charge is -2.34. The van der Waals surface area contributed by atoms with Crippen molar-refractivity contribution in [3.05, 3.63) is 59.2 Å². The Hall–Kier alpha value is -2.95. The summed E-state index contributed by atoms with van der Waals surface area (Å²) in [6, 6.07) is 9.32. The average molecular weight is 558 g/mol. The lowest BCUT2D eigenvalue weighted by atomic mass is 9.92. The molecule has 2 aromatic rings. The van der Waals surface area contributed by atoms with Crippen LogP contribution in [0.3, 0.4) is 0 Å². The molecule has 1 aliphatic heterocycles. The van der Waals surface area contributed by atoms with Gasteiger partial charge in [0.1, 0.15) is 6.61 Å². The van der Waals surface area contributed by atoms with Crippen molar-refractivity contribution in [1.29, 1.82) is 0 Å². The van der Waals surface area contributed by atoms with Crippen LogP contribution in [0.15, 0.2) is 42.5 Å². The van der Waals surface area contributed by atoms with E-state index < -0.39 is 23.5 Å². The van der Waals surface area contributed by atoms with Gasteiger partial charge in [-0.15, -0.1) is 0 Å². The first kappa shape index (κ1) is 29.0. The number of rotatable bonds is 7. The van der Waals surface area contributed by atoms with Gasteiger partial charge < -0.3 is 20.3 Å². The predicted octanol–water partition coefficient (Wildman–Crippen LogP) is 6.88. The molecule has 39 heavy (non-hydrogen) atoms. The molecule has 0 aromatic heterocycles. The van der Waals surface area contributed by atoms with Crippen LogP contribution in [-0.2, 0) is 21.9 Å². The molecule has 0 atom stereocenters. The van der Waals surface area contributed by atoms with Gasteiger partial charge in [0.2, 0.25) is 5.91 Å². The summed E-state index contributed by atoms with van der Waals surface area (Å²) in [6.45, 7) is 2.49. The molecular weight excluding hydrogens is 524 g/mol. The second-order valence-electron chi connectivity index (χ2n) is 10.3. The van der Waals surface area contributed by atoms with E-state index in [1.807, 2.05) is 0 Å². The van der Waals surface area contributed by atoms with Crippen LogP contribution in [0.1, 0.15) is 55.2 Å².